The quantitative estimate of drug-likeness (QED) is 0.408. The molecule has 0 fully saturated rings. The number of nitrogen functional groups attached to an aromatic ring is 1. The highest BCUT2D eigenvalue weighted by molar-refractivity contribution is 5.57. The molecule has 0 aliphatic heterocycles. The summed E-state index contributed by atoms with van der Waals surface area (Å²) in [6, 6.07) is -0.0455. The van der Waals surface area contributed by atoms with Crippen LogP contribution >= 0.6 is 0 Å². The Labute approximate surface area is 88.9 Å². The van der Waals surface area contributed by atoms with Crippen LogP contribution in [0.3, 0.4) is 0 Å². The molecule has 6 nitrogen and oxygen atoms in total. The molecule has 6 heteroatoms. The molecule has 0 radical (unpaired) electrons. The number of nitrogens with two attached hydrogens (primary N) is 1. The van der Waals surface area contributed by atoms with E-state index in [1.165, 1.54) is 6.33 Å². The maximum absolute atomic E-state index is 8.94. The molecule has 84 valence electrons. The molecule has 0 saturated carbocycles. The van der Waals surface area contributed by atoms with Gasteiger partial charge in [0.15, 0.2) is 0 Å². The number of rotatable bonds is 5. The van der Waals surface area contributed by atoms with Gasteiger partial charge in [0.1, 0.15) is 18.0 Å². The highest BCUT2D eigenvalue weighted by Gasteiger charge is 2.10. The third kappa shape index (κ3) is 2.77. The van der Waals surface area contributed by atoms with E-state index in [1.54, 1.807) is 0 Å². The molecule has 1 aromatic rings. The molecule has 1 aromatic heterocycles. The SMILES string of the molecule is CCc1c(NN)ncnc1NC(C)CO. The second-order valence-electron chi connectivity index (χ2n) is 3.28. The number of nitrogens with one attached hydrogen (secondary N) is 2. The summed E-state index contributed by atoms with van der Waals surface area (Å²) in [6.45, 7) is 3.92. The summed E-state index contributed by atoms with van der Waals surface area (Å²) in [5.41, 5.74) is 3.44. The molecule has 0 saturated heterocycles. The number of aliphatic hydroxyl groups excluding tert-OH is 1. The molecule has 1 atom stereocenters. The van der Waals surface area contributed by atoms with Crippen LogP contribution in [-0.4, -0.2) is 27.7 Å². The van der Waals surface area contributed by atoms with E-state index in [2.05, 4.69) is 20.7 Å². The maximum atomic E-state index is 8.94. The fourth-order valence-electron chi connectivity index (χ4n) is 1.28. The van der Waals surface area contributed by atoms with Crippen LogP contribution in [-0.2, 0) is 6.42 Å². The van der Waals surface area contributed by atoms with Gasteiger partial charge in [-0.25, -0.2) is 15.8 Å². The Morgan fingerprint density at radius 3 is 2.67 bits per heavy atom. The van der Waals surface area contributed by atoms with Crippen LogP contribution < -0.4 is 16.6 Å². The van der Waals surface area contributed by atoms with E-state index in [4.69, 9.17) is 10.9 Å². The van der Waals surface area contributed by atoms with E-state index < -0.39 is 0 Å². The van der Waals surface area contributed by atoms with E-state index in [1.807, 2.05) is 13.8 Å². The molecule has 0 aliphatic rings. The van der Waals surface area contributed by atoms with Crippen molar-refractivity contribution >= 4 is 11.6 Å². The van der Waals surface area contributed by atoms with E-state index in [-0.39, 0.29) is 12.6 Å². The van der Waals surface area contributed by atoms with Gasteiger partial charge in [0.05, 0.1) is 6.61 Å². The Kier molecular flexibility index (Phi) is 4.26. The predicted octanol–water partition coefficient (Wildman–Crippen LogP) is 0.117. The number of hydrogen-bond acceptors (Lipinski definition) is 6. The van der Waals surface area contributed by atoms with Crippen LogP contribution in [0.2, 0.25) is 0 Å². The lowest BCUT2D eigenvalue weighted by molar-refractivity contribution is 0.281. The highest BCUT2D eigenvalue weighted by atomic mass is 16.3. The fourth-order valence-corrected chi connectivity index (χ4v) is 1.28. The van der Waals surface area contributed by atoms with Crippen LogP contribution in [0.1, 0.15) is 19.4 Å². The molecule has 0 amide bonds. The molecule has 5 N–H and O–H groups in total. The minimum atomic E-state index is -0.0455. The Morgan fingerprint density at radius 1 is 1.47 bits per heavy atom. The molecule has 0 aromatic carbocycles. The van der Waals surface area contributed by atoms with Crippen molar-refractivity contribution in [3.63, 3.8) is 0 Å². The first-order valence-electron chi connectivity index (χ1n) is 4.90. The van der Waals surface area contributed by atoms with Crippen molar-refractivity contribution in [1.82, 2.24) is 9.97 Å². The van der Waals surface area contributed by atoms with Crippen LogP contribution in [0.25, 0.3) is 0 Å². The molecule has 0 spiro atoms. The smallest absolute Gasteiger partial charge is 0.148 e. The second kappa shape index (κ2) is 5.47. The number of hydrogen-bond donors (Lipinski definition) is 4. The average Bonchev–Trinajstić information content (AvgIpc) is 2.28. The fraction of sp³-hybridized carbons (Fsp3) is 0.556. The highest BCUT2D eigenvalue weighted by Crippen LogP contribution is 2.19. The molecule has 0 aliphatic carbocycles. The zero-order valence-electron chi connectivity index (χ0n) is 8.99. The largest absolute Gasteiger partial charge is 0.394 e. The van der Waals surface area contributed by atoms with Gasteiger partial charge in [-0.2, -0.15) is 0 Å². The lowest BCUT2D eigenvalue weighted by Gasteiger charge is -2.15. The number of aliphatic hydroxyl groups is 1. The summed E-state index contributed by atoms with van der Waals surface area (Å²) < 4.78 is 0. The first kappa shape index (κ1) is 11.7. The third-order valence-electron chi connectivity index (χ3n) is 2.09. The van der Waals surface area contributed by atoms with Gasteiger partial charge >= 0.3 is 0 Å². The van der Waals surface area contributed by atoms with Crippen molar-refractivity contribution in [2.75, 3.05) is 17.3 Å². The van der Waals surface area contributed by atoms with Gasteiger partial charge in [0.2, 0.25) is 0 Å². The average molecular weight is 211 g/mol. The van der Waals surface area contributed by atoms with E-state index in [0.717, 1.165) is 12.0 Å². The second-order valence-corrected chi connectivity index (χ2v) is 3.28. The zero-order valence-corrected chi connectivity index (χ0v) is 8.99. The van der Waals surface area contributed by atoms with Crippen LogP contribution in [0.5, 0.6) is 0 Å². The van der Waals surface area contributed by atoms with Gasteiger partial charge in [-0.05, 0) is 13.3 Å². The lowest BCUT2D eigenvalue weighted by atomic mass is 10.2. The summed E-state index contributed by atoms with van der Waals surface area (Å²) in [5.74, 6) is 6.66. The normalized spacial score (nSPS) is 12.3. The summed E-state index contributed by atoms with van der Waals surface area (Å²) in [4.78, 5) is 8.13. The van der Waals surface area contributed by atoms with Crippen LogP contribution in [0.4, 0.5) is 11.6 Å². The van der Waals surface area contributed by atoms with Crippen molar-refractivity contribution in [3.05, 3.63) is 11.9 Å². The van der Waals surface area contributed by atoms with Gasteiger partial charge in [-0.3, -0.25) is 0 Å². The Morgan fingerprint density at radius 2 is 2.13 bits per heavy atom. The van der Waals surface area contributed by atoms with Crippen molar-refractivity contribution in [2.45, 2.75) is 26.3 Å². The van der Waals surface area contributed by atoms with Crippen molar-refractivity contribution < 1.29 is 5.11 Å². The van der Waals surface area contributed by atoms with E-state index in [9.17, 15) is 0 Å². The van der Waals surface area contributed by atoms with Gasteiger partial charge in [0, 0.05) is 11.6 Å². The number of anilines is 2. The topological polar surface area (TPSA) is 96.1 Å². The van der Waals surface area contributed by atoms with Gasteiger partial charge in [-0.1, -0.05) is 6.92 Å². The molecular formula is C9H17N5O. The summed E-state index contributed by atoms with van der Waals surface area (Å²) >= 11 is 0. The van der Waals surface area contributed by atoms with Crippen molar-refractivity contribution in [3.8, 4) is 0 Å². The number of aromatic nitrogens is 2. The number of hydrazine groups is 1. The lowest BCUT2D eigenvalue weighted by Crippen LogP contribution is -2.22. The standard InChI is InChI=1S/C9H17N5O/c1-3-7-8(13-6(2)4-15)11-5-12-9(7)14-10/h5-6,15H,3-4,10H2,1-2H3,(H2,11,12,13,14). The first-order chi connectivity index (χ1) is 7.22. The molecule has 0 bridgehead atoms. The van der Waals surface area contributed by atoms with Gasteiger partial charge in [-0.15, -0.1) is 0 Å². The van der Waals surface area contributed by atoms with E-state index in [0.29, 0.717) is 11.6 Å². The Hall–Kier alpha value is -1.40. The summed E-state index contributed by atoms with van der Waals surface area (Å²) in [7, 11) is 0. The summed E-state index contributed by atoms with van der Waals surface area (Å²) in [5, 5.41) is 12.0. The van der Waals surface area contributed by atoms with Gasteiger partial charge in [0.25, 0.3) is 0 Å². The maximum Gasteiger partial charge on any atom is 0.148 e. The van der Waals surface area contributed by atoms with Crippen LogP contribution in [0, 0.1) is 0 Å². The minimum absolute atomic E-state index is 0.0455. The van der Waals surface area contributed by atoms with Gasteiger partial charge < -0.3 is 15.8 Å². The van der Waals surface area contributed by atoms with Crippen LogP contribution in [0.15, 0.2) is 6.33 Å². The molecule has 15 heavy (non-hydrogen) atoms. The zero-order chi connectivity index (χ0) is 11.3. The molecular weight excluding hydrogens is 194 g/mol. The monoisotopic (exact) mass is 211 g/mol. The summed E-state index contributed by atoms with van der Waals surface area (Å²) in [6.07, 6.45) is 2.20. The Bertz CT molecular complexity index is 317. The van der Waals surface area contributed by atoms with Crippen molar-refractivity contribution in [1.29, 1.82) is 0 Å². The van der Waals surface area contributed by atoms with E-state index >= 15 is 0 Å². The third-order valence-corrected chi connectivity index (χ3v) is 2.09. The Balaban J connectivity index is 2.95. The molecule has 1 heterocycles. The predicted molar refractivity (Wildman–Crippen MR) is 59.4 cm³/mol. The first-order valence-corrected chi connectivity index (χ1v) is 4.90. The minimum Gasteiger partial charge on any atom is -0.394 e. The van der Waals surface area contributed by atoms with Crippen molar-refractivity contribution in [2.24, 2.45) is 5.84 Å². The number of nitrogens with zero attached hydrogens (tertiary/aromatic N) is 2. The molecule has 1 unspecified atom stereocenters. The molecule has 1 rings (SSSR count).